The molecule has 162 valence electrons. The van der Waals surface area contributed by atoms with Crippen LogP contribution in [0.1, 0.15) is 37.5 Å². The number of hydrogen-bond donors (Lipinski definition) is 0. The second-order valence-corrected chi connectivity index (χ2v) is 7.83. The standard InChI is InChI=1S/C22H21BrN2O6/c1-5-29-19-11-14(9-16(23)20(19)30-12(2)3)10-17-22(26)31-21(24-17)15-7-6-8-18(13(15)4)25(27)28/h6-12H,5H2,1-4H3/b17-10-. The number of aliphatic imine (C=N–C) groups is 1. The van der Waals surface area contributed by atoms with Crippen LogP contribution in [0.15, 0.2) is 45.5 Å². The molecule has 2 aromatic carbocycles. The van der Waals surface area contributed by atoms with Crippen molar-refractivity contribution in [1.82, 2.24) is 0 Å². The van der Waals surface area contributed by atoms with Gasteiger partial charge >= 0.3 is 5.97 Å². The number of carbonyl (C=O) groups is 1. The second kappa shape index (κ2) is 9.30. The summed E-state index contributed by atoms with van der Waals surface area (Å²) in [4.78, 5) is 27.4. The van der Waals surface area contributed by atoms with Crippen molar-refractivity contribution in [3.05, 3.63) is 67.3 Å². The maximum Gasteiger partial charge on any atom is 0.363 e. The molecule has 0 aliphatic carbocycles. The fourth-order valence-corrected chi connectivity index (χ4v) is 3.57. The highest BCUT2D eigenvalue weighted by molar-refractivity contribution is 9.10. The Balaban J connectivity index is 2.01. The lowest BCUT2D eigenvalue weighted by atomic mass is 10.1. The predicted molar refractivity (Wildman–Crippen MR) is 120 cm³/mol. The molecule has 0 unspecified atom stereocenters. The number of hydrogen-bond acceptors (Lipinski definition) is 7. The fourth-order valence-electron chi connectivity index (χ4n) is 3.02. The topological polar surface area (TPSA) is 100 Å². The van der Waals surface area contributed by atoms with Crippen LogP contribution in [-0.4, -0.2) is 29.5 Å². The molecule has 3 rings (SSSR count). The Hall–Kier alpha value is -3.20. The molecule has 0 N–H and O–H groups in total. The molecule has 1 aliphatic rings. The van der Waals surface area contributed by atoms with Crippen LogP contribution in [0.5, 0.6) is 11.5 Å². The number of cyclic esters (lactones) is 1. The summed E-state index contributed by atoms with van der Waals surface area (Å²) >= 11 is 3.49. The van der Waals surface area contributed by atoms with Crippen molar-refractivity contribution in [2.45, 2.75) is 33.8 Å². The maximum atomic E-state index is 12.4. The van der Waals surface area contributed by atoms with Gasteiger partial charge < -0.3 is 14.2 Å². The first-order valence-corrected chi connectivity index (χ1v) is 10.4. The third-order valence-electron chi connectivity index (χ3n) is 4.34. The molecule has 0 atom stereocenters. The summed E-state index contributed by atoms with van der Waals surface area (Å²) in [5.74, 6) is 0.491. The lowest BCUT2D eigenvalue weighted by Gasteiger charge is -2.16. The summed E-state index contributed by atoms with van der Waals surface area (Å²) in [6.45, 7) is 7.73. The number of halogens is 1. The minimum absolute atomic E-state index is 0.0290. The van der Waals surface area contributed by atoms with E-state index in [9.17, 15) is 14.9 Å². The molecular weight excluding hydrogens is 468 g/mol. The molecule has 0 saturated heterocycles. The van der Waals surface area contributed by atoms with Crippen LogP contribution < -0.4 is 9.47 Å². The van der Waals surface area contributed by atoms with E-state index < -0.39 is 10.9 Å². The van der Waals surface area contributed by atoms with Crippen LogP contribution in [0, 0.1) is 17.0 Å². The van der Waals surface area contributed by atoms with Gasteiger partial charge in [-0.15, -0.1) is 0 Å². The molecule has 0 aromatic heterocycles. The van der Waals surface area contributed by atoms with E-state index in [4.69, 9.17) is 14.2 Å². The molecule has 0 bridgehead atoms. The molecule has 2 aromatic rings. The largest absolute Gasteiger partial charge is 0.490 e. The summed E-state index contributed by atoms with van der Waals surface area (Å²) in [5, 5.41) is 11.2. The Morgan fingerprint density at radius 3 is 2.71 bits per heavy atom. The molecule has 1 aliphatic heterocycles. The van der Waals surface area contributed by atoms with Gasteiger partial charge in [0.25, 0.3) is 5.69 Å². The van der Waals surface area contributed by atoms with E-state index in [1.807, 2.05) is 20.8 Å². The van der Waals surface area contributed by atoms with Gasteiger partial charge in [0.1, 0.15) is 0 Å². The normalized spacial score (nSPS) is 14.6. The zero-order chi connectivity index (χ0) is 22.7. The SMILES string of the molecule is CCOc1cc(/C=C2\N=C(c3cccc([N+](=O)[O-])c3C)OC2=O)cc(Br)c1OC(C)C. The number of benzene rings is 2. The van der Waals surface area contributed by atoms with Gasteiger partial charge in [-0.2, -0.15) is 0 Å². The molecule has 0 fully saturated rings. The van der Waals surface area contributed by atoms with Crippen molar-refractivity contribution >= 4 is 39.6 Å². The van der Waals surface area contributed by atoms with Gasteiger partial charge in [-0.25, -0.2) is 9.79 Å². The van der Waals surface area contributed by atoms with Gasteiger partial charge in [0.15, 0.2) is 17.2 Å². The highest BCUT2D eigenvalue weighted by Gasteiger charge is 2.27. The number of nitro groups is 1. The quantitative estimate of drug-likeness (QED) is 0.230. The van der Waals surface area contributed by atoms with E-state index in [2.05, 4.69) is 20.9 Å². The molecule has 0 radical (unpaired) electrons. The van der Waals surface area contributed by atoms with Crippen molar-refractivity contribution in [3.8, 4) is 11.5 Å². The number of esters is 1. The first-order chi connectivity index (χ1) is 14.7. The molecular formula is C22H21BrN2O6. The average Bonchev–Trinajstić information content (AvgIpc) is 3.04. The Kier molecular flexibility index (Phi) is 6.74. The third-order valence-corrected chi connectivity index (χ3v) is 4.93. The summed E-state index contributed by atoms with van der Waals surface area (Å²) in [6.07, 6.45) is 1.52. The monoisotopic (exact) mass is 488 g/mol. The van der Waals surface area contributed by atoms with Crippen molar-refractivity contribution < 1.29 is 23.9 Å². The first kappa shape index (κ1) is 22.5. The second-order valence-electron chi connectivity index (χ2n) is 6.97. The summed E-state index contributed by atoms with van der Waals surface area (Å²) in [7, 11) is 0. The highest BCUT2D eigenvalue weighted by Crippen LogP contribution is 2.38. The predicted octanol–water partition coefficient (Wildman–Crippen LogP) is 5.20. The fraction of sp³-hybridized carbons (Fsp3) is 0.273. The Morgan fingerprint density at radius 2 is 2.06 bits per heavy atom. The lowest BCUT2D eigenvalue weighted by molar-refractivity contribution is -0.385. The van der Waals surface area contributed by atoms with Crippen LogP contribution in [-0.2, 0) is 9.53 Å². The van der Waals surface area contributed by atoms with Crippen molar-refractivity contribution in [2.24, 2.45) is 4.99 Å². The summed E-state index contributed by atoms with van der Waals surface area (Å²) in [6, 6.07) is 8.07. The molecule has 1 heterocycles. The Morgan fingerprint density at radius 1 is 1.32 bits per heavy atom. The third kappa shape index (κ3) is 4.93. The number of nitro benzene ring substituents is 1. The minimum atomic E-state index is -0.641. The Labute approximate surface area is 187 Å². The number of rotatable bonds is 7. The molecule has 0 amide bonds. The number of carbonyl (C=O) groups excluding carboxylic acids is 1. The summed E-state index contributed by atoms with van der Waals surface area (Å²) < 4.78 is 17.5. The number of nitrogens with zero attached hydrogens (tertiary/aromatic N) is 2. The van der Waals surface area contributed by atoms with Crippen LogP contribution in [0.3, 0.4) is 0 Å². The van der Waals surface area contributed by atoms with Gasteiger partial charge in [0.2, 0.25) is 5.90 Å². The molecule has 8 nitrogen and oxygen atoms in total. The van der Waals surface area contributed by atoms with Crippen LogP contribution in [0.25, 0.3) is 6.08 Å². The van der Waals surface area contributed by atoms with E-state index in [0.29, 0.717) is 39.3 Å². The van der Waals surface area contributed by atoms with Crippen LogP contribution in [0.2, 0.25) is 0 Å². The van der Waals surface area contributed by atoms with Gasteiger partial charge in [-0.3, -0.25) is 10.1 Å². The molecule has 31 heavy (non-hydrogen) atoms. The smallest absolute Gasteiger partial charge is 0.363 e. The number of ether oxygens (including phenoxy) is 3. The van der Waals surface area contributed by atoms with Crippen molar-refractivity contribution in [3.63, 3.8) is 0 Å². The average molecular weight is 489 g/mol. The van der Waals surface area contributed by atoms with Crippen LogP contribution in [0.4, 0.5) is 5.69 Å². The van der Waals surface area contributed by atoms with Crippen LogP contribution >= 0.6 is 15.9 Å². The van der Waals surface area contributed by atoms with E-state index in [0.717, 1.165) is 0 Å². The molecule has 0 spiro atoms. The Bertz CT molecular complexity index is 1110. The zero-order valence-corrected chi connectivity index (χ0v) is 19.1. The zero-order valence-electron chi connectivity index (χ0n) is 17.5. The highest BCUT2D eigenvalue weighted by atomic mass is 79.9. The van der Waals surface area contributed by atoms with Crippen molar-refractivity contribution in [2.75, 3.05) is 6.61 Å². The van der Waals surface area contributed by atoms with E-state index in [-0.39, 0.29) is 23.4 Å². The van der Waals surface area contributed by atoms with Gasteiger partial charge in [0.05, 0.1) is 22.1 Å². The molecule has 9 heteroatoms. The van der Waals surface area contributed by atoms with Crippen molar-refractivity contribution in [1.29, 1.82) is 0 Å². The first-order valence-electron chi connectivity index (χ1n) is 9.61. The van der Waals surface area contributed by atoms with Gasteiger partial charge in [-0.05, 0) is 73.5 Å². The lowest BCUT2D eigenvalue weighted by Crippen LogP contribution is -2.08. The van der Waals surface area contributed by atoms with Gasteiger partial charge in [0, 0.05) is 17.2 Å². The van der Waals surface area contributed by atoms with E-state index >= 15 is 0 Å². The van der Waals surface area contributed by atoms with E-state index in [1.54, 1.807) is 31.2 Å². The van der Waals surface area contributed by atoms with Gasteiger partial charge in [-0.1, -0.05) is 6.07 Å². The van der Waals surface area contributed by atoms with E-state index in [1.165, 1.54) is 12.1 Å². The minimum Gasteiger partial charge on any atom is -0.490 e. The summed E-state index contributed by atoms with van der Waals surface area (Å²) in [5.41, 5.74) is 1.42. The maximum absolute atomic E-state index is 12.4. The molecule has 0 saturated carbocycles.